The van der Waals surface area contributed by atoms with E-state index in [4.69, 9.17) is 4.74 Å². The lowest BCUT2D eigenvalue weighted by Gasteiger charge is -2.40. The van der Waals surface area contributed by atoms with E-state index >= 15 is 0 Å². The summed E-state index contributed by atoms with van der Waals surface area (Å²) in [5.74, 6) is 0.0372. The lowest BCUT2D eigenvalue weighted by atomic mass is 9.72. The average molecular weight is 388 g/mol. The van der Waals surface area contributed by atoms with Crippen LogP contribution in [0.15, 0.2) is 30.3 Å². The van der Waals surface area contributed by atoms with Crippen molar-refractivity contribution in [3.05, 3.63) is 35.9 Å². The minimum atomic E-state index is -0.633. The minimum Gasteiger partial charge on any atom is -0.465 e. The molecule has 6 nitrogen and oxygen atoms in total. The summed E-state index contributed by atoms with van der Waals surface area (Å²) >= 11 is 0. The third-order valence-corrected chi connectivity index (χ3v) is 6.20. The highest BCUT2D eigenvalue weighted by atomic mass is 16.5. The number of esters is 1. The van der Waals surface area contributed by atoms with Gasteiger partial charge in [0.1, 0.15) is 0 Å². The molecule has 0 spiro atoms. The van der Waals surface area contributed by atoms with Gasteiger partial charge in [0, 0.05) is 52.2 Å². The Hall–Kier alpha value is -1.92. The van der Waals surface area contributed by atoms with E-state index in [1.54, 1.807) is 0 Å². The quantitative estimate of drug-likeness (QED) is 0.696. The topological polar surface area (TPSA) is 53.1 Å². The van der Waals surface area contributed by atoms with E-state index in [2.05, 4.69) is 16.8 Å². The summed E-state index contributed by atoms with van der Waals surface area (Å²) in [4.78, 5) is 32.2. The van der Waals surface area contributed by atoms with Crippen LogP contribution >= 0.6 is 0 Å². The molecule has 0 atom stereocenters. The number of ether oxygens (including phenoxy) is 1. The standard InChI is InChI=1S/C22H33N3O3/c1-3-28-21(27)22(19-7-5-4-6-8-19)10-13-25(14-11-22)20(26)9-12-24-17-15-23(2)16-18-24/h4-8H,3,9-18H2,1-2H3. The maximum atomic E-state index is 12.8. The van der Waals surface area contributed by atoms with Crippen LogP contribution in [0.4, 0.5) is 0 Å². The molecular formula is C22H33N3O3. The maximum absolute atomic E-state index is 12.8. The highest BCUT2D eigenvalue weighted by Gasteiger charge is 2.44. The second kappa shape index (κ2) is 9.52. The Labute approximate surface area is 168 Å². The molecule has 2 aliphatic heterocycles. The molecule has 6 heteroatoms. The first kappa shape index (κ1) is 20.8. The number of carbonyl (C=O) groups is 2. The van der Waals surface area contributed by atoms with E-state index in [0.717, 1.165) is 38.3 Å². The van der Waals surface area contributed by atoms with Gasteiger partial charge in [0.05, 0.1) is 12.0 Å². The lowest BCUT2D eigenvalue weighted by molar-refractivity contribution is -0.154. The second-order valence-corrected chi connectivity index (χ2v) is 7.94. The SMILES string of the molecule is CCOC(=O)C1(c2ccccc2)CCN(C(=O)CCN2CCN(C)CC2)CC1. The fourth-order valence-electron chi connectivity index (χ4n) is 4.26. The van der Waals surface area contributed by atoms with E-state index in [0.29, 0.717) is 39.0 Å². The summed E-state index contributed by atoms with van der Waals surface area (Å²) < 4.78 is 5.42. The molecule has 0 unspecified atom stereocenters. The van der Waals surface area contributed by atoms with Crippen molar-refractivity contribution in [3.63, 3.8) is 0 Å². The Bertz CT molecular complexity index is 648. The molecule has 0 radical (unpaired) electrons. The van der Waals surface area contributed by atoms with Crippen LogP contribution in [-0.4, -0.2) is 86.0 Å². The molecule has 3 rings (SSSR count). The molecule has 28 heavy (non-hydrogen) atoms. The highest BCUT2D eigenvalue weighted by molar-refractivity contribution is 5.84. The van der Waals surface area contributed by atoms with E-state index in [-0.39, 0.29) is 11.9 Å². The van der Waals surface area contributed by atoms with Crippen LogP contribution in [0, 0.1) is 0 Å². The van der Waals surface area contributed by atoms with Gasteiger partial charge in [-0.1, -0.05) is 30.3 Å². The zero-order valence-corrected chi connectivity index (χ0v) is 17.2. The van der Waals surface area contributed by atoms with Crippen molar-refractivity contribution in [2.45, 2.75) is 31.6 Å². The highest BCUT2D eigenvalue weighted by Crippen LogP contribution is 2.37. The van der Waals surface area contributed by atoms with Crippen LogP contribution < -0.4 is 0 Å². The van der Waals surface area contributed by atoms with Crippen molar-refractivity contribution in [2.75, 3.05) is 59.5 Å². The van der Waals surface area contributed by atoms with Crippen molar-refractivity contribution in [1.29, 1.82) is 0 Å². The number of carbonyl (C=O) groups excluding carboxylic acids is 2. The van der Waals surface area contributed by atoms with Gasteiger partial charge in [0.15, 0.2) is 0 Å². The molecule has 1 amide bonds. The van der Waals surface area contributed by atoms with Crippen molar-refractivity contribution in [3.8, 4) is 0 Å². The van der Waals surface area contributed by atoms with Gasteiger partial charge in [-0.15, -0.1) is 0 Å². The van der Waals surface area contributed by atoms with Crippen LogP contribution in [0.3, 0.4) is 0 Å². The molecule has 2 aliphatic rings. The summed E-state index contributed by atoms with van der Waals surface area (Å²) in [7, 11) is 2.14. The normalized spacial score (nSPS) is 20.7. The van der Waals surface area contributed by atoms with Gasteiger partial charge < -0.3 is 19.4 Å². The molecule has 0 saturated carbocycles. The number of hydrogen-bond donors (Lipinski definition) is 0. The first-order chi connectivity index (χ1) is 13.5. The number of likely N-dealkylation sites (tertiary alicyclic amines) is 1. The average Bonchev–Trinajstić information content (AvgIpc) is 2.74. The van der Waals surface area contributed by atoms with Crippen molar-refractivity contribution >= 4 is 11.9 Å². The molecular weight excluding hydrogens is 354 g/mol. The van der Waals surface area contributed by atoms with Gasteiger partial charge in [0.25, 0.3) is 0 Å². The first-order valence-corrected chi connectivity index (χ1v) is 10.5. The summed E-state index contributed by atoms with van der Waals surface area (Å²) in [6.45, 7) is 8.45. The number of piperidine rings is 1. The molecule has 0 bridgehead atoms. The van der Waals surface area contributed by atoms with Crippen LogP contribution in [-0.2, 0) is 19.7 Å². The number of piperazine rings is 1. The van der Waals surface area contributed by atoms with Crippen LogP contribution in [0.25, 0.3) is 0 Å². The zero-order valence-electron chi connectivity index (χ0n) is 17.2. The van der Waals surface area contributed by atoms with Gasteiger partial charge in [-0.05, 0) is 32.4 Å². The van der Waals surface area contributed by atoms with E-state index in [1.165, 1.54) is 0 Å². The van der Waals surface area contributed by atoms with Gasteiger partial charge >= 0.3 is 5.97 Å². The predicted octanol–water partition coefficient (Wildman–Crippen LogP) is 1.75. The number of hydrogen-bond acceptors (Lipinski definition) is 5. The van der Waals surface area contributed by atoms with Crippen molar-refractivity contribution < 1.29 is 14.3 Å². The molecule has 0 aliphatic carbocycles. The van der Waals surface area contributed by atoms with E-state index < -0.39 is 5.41 Å². The van der Waals surface area contributed by atoms with E-state index in [1.807, 2.05) is 42.2 Å². The lowest BCUT2D eigenvalue weighted by Crippen LogP contribution is -2.50. The molecule has 154 valence electrons. The summed E-state index contributed by atoms with van der Waals surface area (Å²) in [5.41, 5.74) is 0.365. The number of likely N-dealkylation sites (N-methyl/N-ethyl adjacent to an activating group) is 1. The molecule has 2 fully saturated rings. The number of benzene rings is 1. The minimum absolute atomic E-state index is 0.161. The smallest absolute Gasteiger partial charge is 0.316 e. The summed E-state index contributed by atoms with van der Waals surface area (Å²) in [6, 6.07) is 9.89. The maximum Gasteiger partial charge on any atom is 0.316 e. The fourth-order valence-corrected chi connectivity index (χ4v) is 4.26. The monoisotopic (exact) mass is 387 g/mol. The molecule has 0 N–H and O–H groups in total. The van der Waals surface area contributed by atoms with Crippen LogP contribution in [0.5, 0.6) is 0 Å². The van der Waals surface area contributed by atoms with Crippen LogP contribution in [0.1, 0.15) is 31.7 Å². The van der Waals surface area contributed by atoms with Crippen molar-refractivity contribution in [2.24, 2.45) is 0 Å². The Morgan fingerprint density at radius 3 is 2.25 bits per heavy atom. The van der Waals surface area contributed by atoms with E-state index in [9.17, 15) is 9.59 Å². The first-order valence-electron chi connectivity index (χ1n) is 10.5. The fraction of sp³-hybridized carbons (Fsp3) is 0.636. The molecule has 2 saturated heterocycles. The summed E-state index contributed by atoms with van der Waals surface area (Å²) in [6.07, 6.45) is 1.80. The van der Waals surface area contributed by atoms with Gasteiger partial charge in [-0.25, -0.2) is 0 Å². The number of nitrogens with zero attached hydrogens (tertiary/aromatic N) is 3. The van der Waals surface area contributed by atoms with Gasteiger partial charge in [-0.2, -0.15) is 0 Å². The Morgan fingerprint density at radius 2 is 1.64 bits per heavy atom. The van der Waals surface area contributed by atoms with Crippen molar-refractivity contribution in [1.82, 2.24) is 14.7 Å². The number of rotatable bonds is 6. The second-order valence-electron chi connectivity index (χ2n) is 7.94. The summed E-state index contributed by atoms with van der Waals surface area (Å²) in [5, 5.41) is 0. The van der Waals surface area contributed by atoms with Crippen LogP contribution in [0.2, 0.25) is 0 Å². The number of amides is 1. The third kappa shape index (κ3) is 4.73. The van der Waals surface area contributed by atoms with Gasteiger partial charge in [-0.3, -0.25) is 9.59 Å². The molecule has 2 heterocycles. The Balaban J connectivity index is 1.57. The predicted molar refractivity (Wildman–Crippen MR) is 109 cm³/mol. The Morgan fingerprint density at radius 1 is 1.00 bits per heavy atom. The molecule has 1 aromatic carbocycles. The zero-order chi connectivity index (χ0) is 20.0. The third-order valence-electron chi connectivity index (χ3n) is 6.20. The molecule has 1 aromatic rings. The largest absolute Gasteiger partial charge is 0.465 e. The Kier molecular flexibility index (Phi) is 7.08. The molecule has 0 aromatic heterocycles. The van der Waals surface area contributed by atoms with Gasteiger partial charge in [0.2, 0.25) is 5.91 Å².